The second-order valence-electron chi connectivity index (χ2n) is 4.04. The van der Waals surface area contributed by atoms with E-state index in [1.807, 2.05) is 19.1 Å². The van der Waals surface area contributed by atoms with Crippen LogP contribution < -0.4 is 0 Å². The van der Waals surface area contributed by atoms with Crippen LogP contribution in [0.3, 0.4) is 0 Å². The summed E-state index contributed by atoms with van der Waals surface area (Å²) in [6.07, 6.45) is 0.547. The fourth-order valence-corrected chi connectivity index (χ4v) is 1.77. The van der Waals surface area contributed by atoms with Crippen molar-refractivity contribution in [2.75, 3.05) is 13.2 Å². The number of phenols is 1. The monoisotopic (exact) mass is 221 g/mol. The number of hydrogen-bond acceptors (Lipinski definition) is 3. The maximum Gasteiger partial charge on any atom is 0.410 e. The number of benzene rings is 1. The van der Waals surface area contributed by atoms with Crippen LogP contribution >= 0.6 is 0 Å². The predicted molar refractivity (Wildman–Crippen MR) is 59.3 cm³/mol. The average Bonchev–Trinajstić information content (AvgIpc) is 2.59. The molecule has 0 aliphatic carbocycles. The summed E-state index contributed by atoms with van der Waals surface area (Å²) in [6, 6.07) is 7.19. The van der Waals surface area contributed by atoms with Crippen molar-refractivity contribution >= 4 is 6.09 Å². The molecule has 0 aromatic heterocycles. The van der Waals surface area contributed by atoms with Gasteiger partial charge in [0.15, 0.2) is 0 Å². The molecule has 0 unspecified atom stereocenters. The second kappa shape index (κ2) is 4.43. The van der Waals surface area contributed by atoms with Crippen molar-refractivity contribution in [2.45, 2.75) is 19.4 Å². The van der Waals surface area contributed by atoms with Gasteiger partial charge in [0, 0.05) is 6.54 Å². The highest BCUT2D eigenvalue weighted by atomic mass is 16.6. The van der Waals surface area contributed by atoms with E-state index in [4.69, 9.17) is 9.84 Å². The van der Waals surface area contributed by atoms with E-state index >= 15 is 0 Å². The summed E-state index contributed by atoms with van der Waals surface area (Å²) in [6.45, 7) is 3.11. The summed E-state index contributed by atoms with van der Waals surface area (Å²) in [4.78, 5) is 13.1. The zero-order valence-corrected chi connectivity index (χ0v) is 9.22. The van der Waals surface area contributed by atoms with Crippen LogP contribution in [-0.4, -0.2) is 35.3 Å². The topological polar surface area (TPSA) is 49.8 Å². The van der Waals surface area contributed by atoms with Crippen molar-refractivity contribution in [1.29, 1.82) is 0 Å². The number of ether oxygens (including phenoxy) is 1. The lowest BCUT2D eigenvalue weighted by molar-refractivity contribution is 0.158. The summed E-state index contributed by atoms with van der Waals surface area (Å²) in [5, 5.41) is 9.14. The van der Waals surface area contributed by atoms with Gasteiger partial charge in [0.25, 0.3) is 0 Å². The van der Waals surface area contributed by atoms with Crippen LogP contribution in [0.25, 0.3) is 0 Å². The van der Waals surface area contributed by atoms with Gasteiger partial charge in [-0.1, -0.05) is 12.1 Å². The summed E-state index contributed by atoms with van der Waals surface area (Å²) < 4.78 is 4.93. The quantitative estimate of drug-likeness (QED) is 0.846. The number of nitrogens with zero attached hydrogens (tertiary/aromatic N) is 1. The lowest BCUT2D eigenvalue weighted by atomic mass is 10.1. The van der Waals surface area contributed by atoms with E-state index in [0.717, 1.165) is 12.0 Å². The van der Waals surface area contributed by atoms with Crippen molar-refractivity contribution in [3.8, 4) is 5.75 Å². The Bertz CT molecular complexity index is 374. The molecule has 0 bridgehead atoms. The van der Waals surface area contributed by atoms with Gasteiger partial charge in [0.05, 0.1) is 6.04 Å². The summed E-state index contributed by atoms with van der Waals surface area (Å²) in [5.74, 6) is 0.262. The Morgan fingerprint density at radius 2 is 2.12 bits per heavy atom. The third kappa shape index (κ3) is 2.27. The fourth-order valence-electron chi connectivity index (χ4n) is 1.77. The SMILES string of the molecule is C[C@@H]1COC(=O)N1CCc1ccc(O)cc1. The van der Waals surface area contributed by atoms with Gasteiger partial charge < -0.3 is 14.7 Å². The van der Waals surface area contributed by atoms with Crippen LogP contribution in [0.5, 0.6) is 5.75 Å². The van der Waals surface area contributed by atoms with E-state index in [0.29, 0.717) is 13.2 Å². The number of hydrogen-bond donors (Lipinski definition) is 1. The Hall–Kier alpha value is -1.71. The third-order valence-corrected chi connectivity index (χ3v) is 2.79. The van der Waals surface area contributed by atoms with E-state index < -0.39 is 0 Å². The maximum absolute atomic E-state index is 11.3. The minimum Gasteiger partial charge on any atom is -0.508 e. The van der Waals surface area contributed by atoms with Crippen LogP contribution in [-0.2, 0) is 11.2 Å². The van der Waals surface area contributed by atoms with Gasteiger partial charge in [0.2, 0.25) is 0 Å². The smallest absolute Gasteiger partial charge is 0.410 e. The van der Waals surface area contributed by atoms with E-state index in [1.165, 1.54) is 0 Å². The average molecular weight is 221 g/mol. The molecule has 1 N–H and O–H groups in total. The summed E-state index contributed by atoms with van der Waals surface area (Å²) in [7, 11) is 0. The fraction of sp³-hybridized carbons (Fsp3) is 0.417. The molecule has 4 nitrogen and oxygen atoms in total. The second-order valence-corrected chi connectivity index (χ2v) is 4.04. The Labute approximate surface area is 94.4 Å². The molecule has 1 aromatic carbocycles. The number of carbonyl (C=O) groups excluding carboxylic acids is 1. The number of aromatic hydroxyl groups is 1. The van der Waals surface area contributed by atoms with Crippen LogP contribution in [0.15, 0.2) is 24.3 Å². The van der Waals surface area contributed by atoms with Crippen molar-refractivity contribution in [3.05, 3.63) is 29.8 Å². The molecular weight excluding hydrogens is 206 g/mol. The molecular formula is C12H15NO3. The van der Waals surface area contributed by atoms with Gasteiger partial charge in [0.1, 0.15) is 12.4 Å². The first-order chi connectivity index (χ1) is 7.66. The minimum absolute atomic E-state index is 0.157. The molecule has 1 aliphatic rings. The highest BCUT2D eigenvalue weighted by Gasteiger charge is 2.28. The molecule has 86 valence electrons. The molecule has 1 fully saturated rings. The predicted octanol–water partition coefficient (Wildman–Crippen LogP) is 1.78. The molecule has 1 amide bonds. The number of amides is 1. The number of rotatable bonds is 3. The zero-order chi connectivity index (χ0) is 11.5. The maximum atomic E-state index is 11.3. The minimum atomic E-state index is -0.230. The molecule has 1 heterocycles. The molecule has 0 spiro atoms. The normalized spacial score (nSPS) is 19.9. The lowest BCUT2D eigenvalue weighted by Gasteiger charge is -2.17. The van der Waals surface area contributed by atoms with Gasteiger partial charge in [-0.15, -0.1) is 0 Å². The Morgan fingerprint density at radius 1 is 1.44 bits per heavy atom. The Balaban J connectivity index is 1.92. The van der Waals surface area contributed by atoms with Crippen LogP contribution in [0.4, 0.5) is 4.79 Å². The summed E-state index contributed by atoms with van der Waals surface area (Å²) in [5.41, 5.74) is 1.10. The standard InChI is InChI=1S/C12H15NO3/c1-9-8-16-12(15)13(9)7-6-10-2-4-11(14)5-3-10/h2-5,9,14H,6-8H2,1H3/t9-/m1/s1. The highest BCUT2D eigenvalue weighted by Crippen LogP contribution is 2.14. The largest absolute Gasteiger partial charge is 0.508 e. The van der Waals surface area contributed by atoms with Crippen molar-refractivity contribution < 1.29 is 14.6 Å². The van der Waals surface area contributed by atoms with Gasteiger partial charge in [-0.2, -0.15) is 0 Å². The first-order valence-corrected chi connectivity index (χ1v) is 5.38. The van der Waals surface area contributed by atoms with Gasteiger partial charge in [-0.3, -0.25) is 0 Å². The first-order valence-electron chi connectivity index (χ1n) is 5.38. The van der Waals surface area contributed by atoms with Crippen LogP contribution in [0.1, 0.15) is 12.5 Å². The Kier molecular flexibility index (Phi) is 2.99. The lowest BCUT2D eigenvalue weighted by Crippen LogP contribution is -2.33. The molecule has 2 rings (SSSR count). The van der Waals surface area contributed by atoms with Gasteiger partial charge in [-0.25, -0.2) is 4.79 Å². The Morgan fingerprint density at radius 3 is 2.69 bits per heavy atom. The number of carbonyl (C=O) groups is 1. The van der Waals surface area contributed by atoms with Crippen molar-refractivity contribution in [2.24, 2.45) is 0 Å². The molecule has 1 aliphatic heterocycles. The number of phenolic OH excluding ortho intramolecular Hbond substituents is 1. The zero-order valence-electron chi connectivity index (χ0n) is 9.22. The molecule has 1 atom stereocenters. The molecule has 1 saturated heterocycles. The van der Waals surface area contributed by atoms with E-state index in [2.05, 4.69) is 0 Å². The molecule has 0 saturated carbocycles. The molecule has 16 heavy (non-hydrogen) atoms. The molecule has 1 aromatic rings. The third-order valence-electron chi connectivity index (χ3n) is 2.79. The number of cyclic esters (lactones) is 1. The van der Waals surface area contributed by atoms with E-state index in [9.17, 15) is 4.79 Å². The molecule has 0 radical (unpaired) electrons. The van der Waals surface area contributed by atoms with Crippen LogP contribution in [0, 0.1) is 0 Å². The van der Waals surface area contributed by atoms with Crippen LogP contribution in [0.2, 0.25) is 0 Å². The van der Waals surface area contributed by atoms with Gasteiger partial charge >= 0.3 is 6.09 Å². The molecule has 4 heteroatoms. The first kappa shape index (κ1) is 10.8. The van der Waals surface area contributed by atoms with E-state index in [-0.39, 0.29) is 17.9 Å². The van der Waals surface area contributed by atoms with Crippen molar-refractivity contribution in [1.82, 2.24) is 4.90 Å². The highest BCUT2D eigenvalue weighted by molar-refractivity contribution is 5.69. The van der Waals surface area contributed by atoms with Gasteiger partial charge in [-0.05, 0) is 31.0 Å². The van der Waals surface area contributed by atoms with Crippen molar-refractivity contribution in [3.63, 3.8) is 0 Å². The summed E-state index contributed by atoms with van der Waals surface area (Å²) >= 11 is 0. The van der Waals surface area contributed by atoms with E-state index in [1.54, 1.807) is 17.0 Å².